The molecule has 0 fully saturated rings. The van der Waals surface area contributed by atoms with E-state index in [2.05, 4.69) is 144 Å². The fourth-order valence-electron chi connectivity index (χ4n) is 4.04. The second kappa shape index (κ2) is 18.5. The van der Waals surface area contributed by atoms with Gasteiger partial charge in [0.2, 0.25) is 0 Å². The van der Waals surface area contributed by atoms with Crippen molar-refractivity contribution in [3.8, 4) is 0 Å². The van der Waals surface area contributed by atoms with E-state index in [4.69, 9.17) is 11.5 Å². The molecule has 2 atom stereocenters. The predicted molar refractivity (Wildman–Crippen MR) is 189 cm³/mol. The SMILES string of the molecule is NC(=[NH+]CCCc1ccccc1)[P@](=[Se])([Se-])c1ccccc1.NC(=[NH+]CCCc1ccccc1)[P@](=[Se])([Se-])c1ccccc1. The number of hydrogen-bond donors (Lipinski definition) is 4. The molecule has 4 nitrogen and oxygen atoms in total. The Balaban J connectivity index is 0.000000230. The molecule has 0 unspecified atom stereocenters. The maximum atomic E-state index is 6.26. The van der Waals surface area contributed by atoms with Gasteiger partial charge in [-0.2, -0.15) is 0 Å². The molecular formula is C32H38N4P2Se4. The second-order valence-corrected chi connectivity index (χ2v) is 34.6. The van der Waals surface area contributed by atoms with Gasteiger partial charge in [-0.05, 0) is 0 Å². The summed E-state index contributed by atoms with van der Waals surface area (Å²) in [6.45, 7) is 1.78. The molecular weight excluding hydrogens is 818 g/mol. The topological polar surface area (TPSA) is 80.0 Å². The van der Waals surface area contributed by atoms with E-state index in [9.17, 15) is 0 Å². The Kier molecular flexibility index (Phi) is 15.6. The molecule has 0 aliphatic rings. The van der Waals surface area contributed by atoms with Crippen LogP contribution in [0.4, 0.5) is 0 Å². The van der Waals surface area contributed by atoms with Crippen molar-refractivity contribution < 1.29 is 9.98 Å². The molecule has 0 aromatic heterocycles. The summed E-state index contributed by atoms with van der Waals surface area (Å²) in [4.78, 5) is 6.75. The van der Waals surface area contributed by atoms with E-state index in [0.717, 1.165) is 49.9 Å². The van der Waals surface area contributed by atoms with Crippen molar-refractivity contribution in [3.05, 3.63) is 132 Å². The number of benzene rings is 4. The summed E-state index contributed by atoms with van der Waals surface area (Å²) in [6.07, 6.45) is 4.27. The van der Waals surface area contributed by atoms with Crippen LogP contribution in [0.5, 0.6) is 0 Å². The molecule has 0 aliphatic heterocycles. The first kappa shape index (κ1) is 35.2. The molecule has 4 aromatic carbocycles. The monoisotopic (exact) mass is 860 g/mol. The molecule has 0 heterocycles. The van der Waals surface area contributed by atoms with Crippen molar-refractivity contribution in [2.24, 2.45) is 11.5 Å². The Morgan fingerprint density at radius 2 is 0.810 bits per heavy atom. The third-order valence-electron chi connectivity index (χ3n) is 6.41. The first-order chi connectivity index (χ1) is 20.2. The first-order valence-electron chi connectivity index (χ1n) is 13.8. The summed E-state index contributed by atoms with van der Waals surface area (Å²) in [5.41, 5.74) is 16.9. The average molecular weight is 856 g/mol. The Bertz CT molecular complexity index is 1400. The van der Waals surface area contributed by atoms with E-state index in [1.807, 2.05) is 48.5 Å². The van der Waals surface area contributed by atoms with Gasteiger partial charge in [-0.15, -0.1) is 0 Å². The van der Waals surface area contributed by atoms with Crippen molar-refractivity contribution in [1.82, 2.24) is 0 Å². The Labute approximate surface area is 282 Å². The van der Waals surface area contributed by atoms with Crippen molar-refractivity contribution in [3.63, 3.8) is 0 Å². The molecule has 0 saturated carbocycles. The number of nitrogens with one attached hydrogen (secondary N) is 2. The zero-order valence-corrected chi connectivity index (χ0v) is 32.1. The van der Waals surface area contributed by atoms with Crippen molar-refractivity contribution >= 4 is 91.5 Å². The Morgan fingerprint density at radius 1 is 0.524 bits per heavy atom. The number of hydrogen-bond acceptors (Lipinski definition) is 0. The van der Waals surface area contributed by atoms with Crippen LogP contribution >= 0.6 is 8.40 Å². The zero-order chi connectivity index (χ0) is 30.3. The number of nitrogens with two attached hydrogens (primary N) is 2. The first-order valence-corrected chi connectivity index (χ1v) is 26.2. The van der Waals surface area contributed by atoms with Gasteiger partial charge < -0.3 is 0 Å². The Hall–Kier alpha value is -1.24. The van der Waals surface area contributed by atoms with Crippen LogP contribution in [0.3, 0.4) is 0 Å². The molecule has 0 amide bonds. The minimum absolute atomic E-state index is 0.835. The number of aryl methyl sites for hydroxylation is 2. The molecule has 4 rings (SSSR count). The molecule has 6 N–H and O–H groups in total. The summed E-state index contributed by atoms with van der Waals surface area (Å²) in [5.74, 6) is 0. The molecule has 42 heavy (non-hydrogen) atoms. The number of amidine groups is 2. The van der Waals surface area contributed by atoms with Gasteiger partial charge in [0.15, 0.2) is 0 Å². The third kappa shape index (κ3) is 11.7. The van der Waals surface area contributed by atoms with Crippen LogP contribution in [-0.4, -0.2) is 85.6 Å². The van der Waals surface area contributed by atoms with Gasteiger partial charge in [-0.3, -0.25) is 0 Å². The van der Waals surface area contributed by atoms with Crippen LogP contribution in [0.2, 0.25) is 0 Å². The van der Waals surface area contributed by atoms with Crippen LogP contribution in [0.25, 0.3) is 0 Å². The van der Waals surface area contributed by atoms with E-state index in [1.54, 1.807) is 0 Å². The van der Waals surface area contributed by atoms with Gasteiger partial charge in [-0.25, -0.2) is 0 Å². The summed E-state index contributed by atoms with van der Waals surface area (Å²) in [7, 11) is 0. The summed E-state index contributed by atoms with van der Waals surface area (Å²) < 4.78 is -3.33. The summed E-state index contributed by atoms with van der Waals surface area (Å²) in [6, 6.07) is 41.7. The second-order valence-electron chi connectivity index (χ2n) is 9.58. The van der Waals surface area contributed by atoms with Crippen LogP contribution < -0.4 is 32.1 Å². The van der Waals surface area contributed by atoms with Gasteiger partial charge in [0.25, 0.3) is 0 Å². The third-order valence-corrected chi connectivity index (χ3v) is 20.2. The van der Waals surface area contributed by atoms with Crippen molar-refractivity contribution in [2.45, 2.75) is 25.7 Å². The van der Waals surface area contributed by atoms with E-state index >= 15 is 0 Å². The van der Waals surface area contributed by atoms with Crippen LogP contribution in [0.1, 0.15) is 24.0 Å². The van der Waals surface area contributed by atoms with Gasteiger partial charge in [0, 0.05) is 0 Å². The van der Waals surface area contributed by atoms with Crippen molar-refractivity contribution in [1.29, 1.82) is 0 Å². The van der Waals surface area contributed by atoms with E-state index in [1.165, 1.54) is 21.7 Å². The summed E-state index contributed by atoms with van der Waals surface area (Å²) in [5, 5.41) is 2.47. The standard InChI is InChI=1S/2C16H19N2PSe2/c2*17-16(19(20,21)15-11-5-2-6-12-15)18-13-7-10-14-8-3-1-4-9-14/h2*1-6,8-9,11-12H,7,10,13H2,(H2,17,18)(H,20,21). The molecule has 4 aromatic rings. The average Bonchev–Trinajstić information content (AvgIpc) is 3.03. The van der Waals surface area contributed by atoms with Crippen LogP contribution in [-0.2, 0) is 12.8 Å². The molecule has 0 bridgehead atoms. The fraction of sp³-hybridized carbons (Fsp3) is 0.188. The summed E-state index contributed by atoms with van der Waals surface area (Å²) >= 11 is 13.0. The molecule has 0 radical (unpaired) electrons. The maximum absolute atomic E-state index is 6.26. The van der Waals surface area contributed by atoms with Gasteiger partial charge in [0.05, 0.1) is 0 Å². The minimum atomic E-state index is -1.66. The normalized spacial score (nSPS) is 14.6. The van der Waals surface area contributed by atoms with Crippen molar-refractivity contribution in [2.75, 3.05) is 13.1 Å². The zero-order valence-electron chi connectivity index (χ0n) is 23.5. The van der Waals surface area contributed by atoms with Crippen LogP contribution in [0, 0.1) is 0 Å². The van der Waals surface area contributed by atoms with Gasteiger partial charge in [-0.1, -0.05) is 0 Å². The molecule has 0 aliphatic carbocycles. The molecule has 10 heteroatoms. The van der Waals surface area contributed by atoms with E-state index in [-0.39, 0.29) is 0 Å². The van der Waals surface area contributed by atoms with Crippen LogP contribution in [0.15, 0.2) is 121 Å². The molecule has 220 valence electrons. The fourth-order valence-corrected chi connectivity index (χ4v) is 11.1. The number of rotatable bonds is 12. The van der Waals surface area contributed by atoms with E-state index < -0.39 is 8.40 Å². The molecule has 0 spiro atoms. The quantitative estimate of drug-likeness (QED) is 0.0566. The van der Waals surface area contributed by atoms with E-state index in [0.29, 0.717) is 0 Å². The van der Waals surface area contributed by atoms with Gasteiger partial charge >= 0.3 is 284 Å². The Morgan fingerprint density at radius 3 is 1.12 bits per heavy atom. The molecule has 0 saturated heterocycles. The predicted octanol–water partition coefficient (Wildman–Crippen LogP) is 1.05. The van der Waals surface area contributed by atoms with Gasteiger partial charge in [0.1, 0.15) is 0 Å².